The molecule has 6 nitrogen and oxygen atoms in total. The van der Waals surface area contributed by atoms with Gasteiger partial charge in [-0.15, -0.1) is 0 Å². The lowest BCUT2D eigenvalue weighted by Gasteiger charge is -2.33. The number of amides is 1. The van der Waals surface area contributed by atoms with Gasteiger partial charge in [-0.2, -0.15) is 15.4 Å². The smallest absolute Gasteiger partial charge is 0.410 e. The van der Waals surface area contributed by atoms with Gasteiger partial charge in [0.25, 0.3) is 0 Å². The molecule has 0 aromatic carbocycles. The van der Waals surface area contributed by atoms with Gasteiger partial charge >= 0.3 is 6.09 Å². The Morgan fingerprint density at radius 1 is 1.56 bits per heavy atom. The summed E-state index contributed by atoms with van der Waals surface area (Å²) in [4.78, 5) is 13.7. The molecule has 0 saturated carbocycles. The zero-order chi connectivity index (χ0) is 13.2. The first-order valence-corrected chi connectivity index (χ1v) is 6.29. The lowest BCUT2D eigenvalue weighted by atomic mass is 9.96. The van der Waals surface area contributed by atoms with Gasteiger partial charge in [0.05, 0.1) is 11.9 Å². The Morgan fingerprint density at radius 2 is 2.33 bits per heavy atom. The predicted octanol–water partition coefficient (Wildman–Crippen LogP) is 1.92. The summed E-state index contributed by atoms with van der Waals surface area (Å²) in [7, 11) is 0. The van der Waals surface area contributed by atoms with Gasteiger partial charge in [0.1, 0.15) is 5.60 Å². The van der Waals surface area contributed by atoms with E-state index in [4.69, 9.17) is 4.74 Å². The maximum absolute atomic E-state index is 12.0. The topological polar surface area (TPSA) is 71.1 Å². The van der Waals surface area contributed by atoms with Crippen LogP contribution in [-0.4, -0.2) is 45.1 Å². The Bertz CT molecular complexity index is 397. The van der Waals surface area contributed by atoms with Crippen LogP contribution in [0.2, 0.25) is 0 Å². The monoisotopic (exact) mass is 252 g/mol. The lowest BCUT2D eigenvalue weighted by Crippen LogP contribution is -2.42. The van der Waals surface area contributed by atoms with E-state index < -0.39 is 5.60 Å². The minimum Gasteiger partial charge on any atom is -0.444 e. The van der Waals surface area contributed by atoms with Crippen molar-refractivity contribution < 1.29 is 9.53 Å². The number of nitrogens with one attached hydrogen (secondary N) is 1. The molecule has 2 rings (SSSR count). The highest BCUT2D eigenvalue weighted by Crippen LogP contribution is 2.25. The zero-order valence-electron chi connectivity index (χ0n) is 11.1. The first-order valence-electron chi connectivity index (χ1n) is 6.29. The van der Waals surface area contributed by atoms with Crippen LogP contribution in [0.3, 0.4) is 0 Å². The summed E-state index contributed by atoms with van der Waals surface area (Å²) in [6.07, 6.45) is 3.49. The molecule has 1 fully saturated rings. The van der Waals surface area contributed by atoms with Crippen molar-refractivity contribution in [3.05, 3.63) is 11.9 Å². The van der Waals surface area contributed by atoms with Crippen molar-refractivity contribution in [2.75, 3.05) is 13.1 Å². The average molecular weight is 252 g/mol. The van der Waals surface area contributed by atoms with Gasteiger partial charge in [0.15, 0.2) is 0 Å². The molecule has 1 aliphatic rings. The van der Waals surface area contributed by atoms with E-state index in [0.29, 0.717) is 6.54 Å². The van der Waals surface area contributed by atoms with Crippen LogP contribution in [0.5, 0.6) is 0 Å². The quantitative estimate of drug-likeness (QED) is 0.829. The third-order valence-electron chi connectivity index (χ3n) is 2.93. The number of ether oxygens (including phenoxy) is 1. The second kappa shape index (κ2) is 4.96. The molecular formula is C12H20N4O2. The summed E-state index contributed by atoms with van der Waals surface area (Å²) in [5.41, 5.74) is 0.473. The minimum absolute atomic E-state index is 0.240. The van der Waals surface area contributed by atoms with E-state index in [2.05, 4.69) is 15.4 Å². The summed E-state index contributed by atoms with van der Waals surface area (Å²) in [5, 5.41) is 10.5. The fraction of sp³-hybridized carbons (Fsp3) is 0.750. The Labute approximate surface area is 107 Å². The minimum atomic E-state index is -0.447. The maximum Gasteiger partial charge on any atom is 0.410 e. The number of carbonyl (C=O) groups is 1. The van der Waals surface area contributed by atoms with Crippen LogP contribution in [0.4, 0.5) is 4.79 Å². The Kier molecular flexibility index (Phi) is 3.54. The number of aromatic amines is 1. The third-order valence-corrected chi connectivity index (χ3v) is 2.93. The van der Waals surface area contributed by atoms with Gasteiger partial charge in [-0.05, 0) is 33.6 Å². The number of H-pyrrole nitrogens is 1. The zero-order valence-corrected chi connectivity index (χ0v) is 11.1. The number of rotatable bonds is 1. The molecule has 0 unspecified atom stereocenters. The summed E-state index contributed by atoms with van der Waals surface area (Å²) < 4.78 is 5.39. The van der Waals surface area contributed by atoms with Gasteiger partial charge in [-0.1, -0.05) is 0 Å². The van der Waals surface area contributed by atoms with Crippen LogP contribution < -0.4 is 0 Å². The van der Waals surface area contributed by atoms with Crippen LogP contribution in [0.25, 0.3) is 0 Å². The Balaban J connectivity index is 1.96. The third kappa shape index (κ3) is 3.21. The van der Waals surface area contributed by atoms with Crippen molar-refractivity contribution in [3.8, 4) is 0 Å². The molecule has 0 aliphatic carbocycles. The van der Waals surface area contributed by atoms with E-state index in [-0.39, 0.29) is 12.0 Å². The van der Waals surface area contributed by atoms with Crippen molar-refractivity contribution in [2.24, 2.45) is 0 Å². The normalized spacial score (nSPS) is 20.8. The molecule has 0 radical (unpaired) electrons. The number of hydrogen-bond acceptors (Lipinski definition) is 4. The number of aromatic nitrogens is 3. The van der Waals surface area contributed by atoms with E-state index in [1.54, 1.807) is 11.1 Å². The van der Waals surface area contributed by atoms with Gasteiger partial charge in [0, 0.05) is 19.0 Å². The van der Waals surface area contributed by atoms with Crippen LogP contribution in [0.15, 0.2) is 6.20 Å². The molecule has 1 atom stereocenters. The maximum atomic E-state index is 12.0. The van der Waals surface area contributed by atoms with Crippen LogP contribution in [0.1, 0.15) is 45.2 Å². The van der Waals surface area contributed by atoms with Crippen LogP contribution >= 0.6 is 0 Å². The molecule has 1 aromatic heterocycles. The first-order chi connectivity index (χ1) is 8.46. The second-order valence-corrected chi connectivity index (χ2v) is 5.66. The second-order valence-electron chi connectivity index (χ2n) is 5.66. The van der Waals surface area contributed by atoms with Crippen molar-refractivity contribution in [3.63, 3.8) is 0 Å². The van der Waals surface area contributed by atoms with Gasteiger partial charge in [-0.25, -0.2) is 4.79 Å². The highest BCUT2D eigenvalue weighted by atomic mass is 16.6. The molecule has 0 bridgehead atoms. The molecule has 1 amide bonds. The fourth-order valence-corrected chi connectivity index (χ4v) is 2.12. The van der Waals surface area contributed by atoms with Gasteiger partial charge in [0.2, 0.25) is 0 Å². The van der Waals surface area contributed by atoms with Crippen molar-refractivity contribution in [2.45, 2.75) is 45.1 Å². The molecule has 1 aromatic rings. The Morgan fingerprint density at radius 3 is 2.94 bits per heavy atom. The van der Waals surface area contributed by atoms with Crippen LogP contribution in [-0.2, 0) is 4.74 Å². The van der Waals surface area contributed by atoms with Gasteiger partial charge in [-0.3, -0.25) is 0 Å². The molecule has 1 N–H and O–H groups in total. The fourth-order valence-electron chi connectivity index (χ4n) is 2.12. The van der Waals surface area contributed by atoms with Crippen molar-refractivity contribution in [1.29, 1.82) is 0 Å². The number of hydrogen-bond donors (Lipinski definition) is 1. The SMILES string of the molecule is CC(C)(C)OC(=O)N1CCC[C@@H](c2cn[nH]n2)C1. The van der Waals surface area contributed by atoms with Gasteiger partial charge < -0.3 is 9.64 Å². The molecule has 100 valence electrons. The number of nitrogens with zero attached hydrogens (tertiary/aromatic N) is 3. The molecule has 18 heavy (non-hydrogen) atoms. The Hall–Kier alpha value is -1.59. The average Bonchev–Trinajstić information content (AvgIpc) is 2.80. The number of carbonyl (C=O) groups excluding carboxylic acids is 1. The molecule has 6 heteroatoms. The van der Waals surface area contributed by atoms with Crippen molar-refractivity contribution in [1.82, 2.24) is 20.3 Å². The largest absolute Gasteiger partial charge is 0.444 e. The van der Waals surface area contributed by atoms with E-state index in [1.165, 1.54) is 0 Å². The van der Waals surface area contributed by atoms with E-state index >= 15 is 0 Å². The molecule has 1 saturated heterocycles. The molecule has 1 aliphatic heterocycles. The summed E-state index contributed by atoms with van der Waals surface area (Å²) in [6.45, 7) is 7.04. The number of likely N-dealkylation sites (tertiary alicyclic amines) is 1. The summed E-state index contributed by atoms with van der Waals surface area (Å²) >= 11 is 0. The van der Waals surface area contributed by atoms with E-state index in [9.17, 15) is 4.79 Å². The van der Waals surface area contributed by atoms with Crippen LogP contribution in [0, 0.1) is 0 Å². The first kappa shape index (κ1) is 12.9. The highest BCUT2D eigenvalue weighted by molar-refractivity contribution is 5.68. The van der Waals surface area contributed by atoms with E-state index in [0.717, 1.165) is 25.1 Å². The lowest BCUT2D eigenvalue weighted by molar-refractivity contribution is 0.0197. The van der Waals surface area contributed by atoms with E-state index in [1.807, 2.05) is 20.8 Å². The summed E-state index contributed by atoms with van der Waals surface area (Å²) in [6, 6.07) is 0. The number of piperidine rings is 1. The summed E-state index contributed by atoms with van der Waals surface area (Å²) in [5.74, 6) is 0.255. The molecular weight excluding hydrogens is 232 g/mol. The molecule has 0 spiro atoms. The standard InChI is InChI=1S/C12H20N4O2/c1-12(2,3)18-11(17)16-6-4-5-9(8-16)10-7-13-15-14-10/h7,9H,4-6,8H2,1-3H3,(H,13,14,15)/t9-/m1/s1. The van der Waals surface area contributed by atoms with Crippen molar-refractivity contribution >= 4 is 6.09 Å². The molecule has 2 heterocycles. The predicted molar refractivity (Wildman–Crippen MR) is 66.2 cm³/mol. The highest BCUT2D eigenvalue weighted by Gasteiger charge is 2.29.